The predicted octanol–water partition coefficient (Wildman–Crippen LogP) is 5.67. The summed E-state index contributed by atoms with van der Waals surface area (Å²) >= 11 is 0. The van der Waals surface area contributed by atoms with Gasteiger partial charge in [0, 0.05) is 0 Å². The second kappa shape index (κ2) is 5.47. The lowest BCUT2D eigenvalue weighted by Crippen LogP contribution is -2.35. The third-order valence-electron chi connectivity index (χ3n) is 4.97. The minimum absolute atomic E-state index is 0.444. The highest BCUT2D eigenvalue weighted by Gasteiger charge is 2.38. The molecule has 1 aromatic carbocycles. The summed E-state index contributed by atoms with van der Waals surface area (Å²) in [5.41, 5.74) is 3.67. The van der Waals surface area contributed by atoms with E-state index in [4.69, 9.17) is 0 Å². The first-order chi connectivity index (χ1) is 8.58. The number of rotatable bonds is 3. The van der Waals surface area contributed by atoms with Gasteiger partial charge in [-0.05, 0) is 41.2 Å². The second-order valence-corrected chi connectivity index (χ2v) is 6.61. The van der Waals surface area contributed by atoms with Gasteiger partial charge >= 0.3 is 0 Å². The largest absolute Gasteiger partial charge is 0.0620 e. The molecule has 0 heteroatoms. The molecule has 0 unspecified atom stereocenters. The fourth-order valence-corrected chi connectivity index (χ4v) is 3.79. The third kappa shape index (κ3) is 2.35. The molecule has 1 saturated carbocycles. The molecule has 1 fully saturated rings. The van der Waals surface area contributed by atoms with Crippen molar-refractivity contribution in [2.45, 2.75) is 71.1 Å². The van der Waals surface area contributed by atoms with Crippen LogP contribution in [0.25, 0.3) is 0 Å². The molecule has 18 heavy (non-hydrogen) atoms. The molecule has 0 amide bonds. The van der Waals surface area contributed by atoms with E-state index in [1.807, 2.05) is 0 Å². The van der Waals surface area contributed by atoms with E-state index in [0.717, 1.165) is 5.92 Å². The van der Waals surface area contributed by atoms with Crippen LogP contribution in [0.5, 0.6) is 0 Å². The van der Waals surface area contributed by atoms with E-state index in [9.17, 15) is 0 Å². The molecule has 0 bridgehead atoms. The molecule has 1 aliphatic carbocycles. The summed E-state index contributed by atoms with van der Waals surface area (Å²) in [5.74, 6) is 1.39. The average molecular weight is 244 g/mol. The van der Waals surface area contributed by atoms with Gasteiger partial charge in [-0.2, -0.15) is 0 Å². The second-order valence-electron chi connectivity index (χ2n) is 6.61. The van der Waals surface area contributed by atoms with E-state index >= 15 is 0 Å². The first-order valence-corrected chi connectivity index (χ1v) is 7.67. The molecule has 1 aromatic rings. The van der Waals surface area contributed by atoms with Crippen LogP contribution in [-0.2, 0) is 5.41 Å². The smallest absolute Gasteiger partial charge is 0.00212 e. The number of hydrogen-bond donors (Lipinski definition) is 0. The van der Waals surface area contributed by atoms with Crippen molar-refractivity contribution in [3.05, 3.63) is 35.4 Å². The van der Waals surface area contributed by atoms with E-state index in [2.05, 4.69) is 52.0 Å². The molecule has 100 valence electrons. The summed E-state index contributed by atoms with van der Waals surface area (Å²) in [7, 11) is 0. The molecular weight excluding hydrogens is 216 g/mol. The molecule has 0 nitrogen and oxygen atoms in total. The number of benzene rings is 1. The van der Waals surface area contributed by atoms with Crippen molar-refractivity contribution in [1.29, 1.82) is 0 Å². The van der Waals surface area contributed by atoms with Crippen LogP contribution in [0.3, 0.4) is 0 Å². The van der Waals surface area contributed by atoms with Gasteiger partial charge in [0.1, 0.15) is 0 Å². The summed E-state index contributed by atoms with van der Waals surface area (Å²) in [6.07, 6.45) is 7.01. The maximum atomic E-state index is 2.42. The van der Waals surface area contributed by atoms with Crippen molar-refractivity contribution in [1.82, 2.24) is 0 Å². The Morgan fingerprint density at radius 3 is 2.06 bits per heavy atom. The minimum Gasteiger partial charge on any atom is -0.0620 e. The molecule has 0 N–H and O–H groups in total. The highest BCUT2D eigenvalue weighted by molar-refractivity contribution is 5.37. The van der Waals surface area contributed by atoms with Crippen molar-refractivity contribution in [3.63, 3.8) is 0 Å². The van der Waals surface area contributed by atoms with Crippen LogP contribution in [0.15, 0.2) is 24.3 Å². The van der Waals surface area contributed by atoms with Gasteiger partial charge in [0.25, 0.3) is 0 Å². The lowest BCUT2D eigenvalue weighted by molar-refractivity contribution is 0.214. The Kier molecular flexibility index (Phi) is 4.14. The lowest BCUT2D eigenvalue weighted by atomic mass is 9.61. The van der Waals surface area contributed by atoms with Gasteiger partial charge in [-0.15, -0.1) is 0 Å². The number of hydrogen-bond acceptors (Lipinski definition) is 0. The summed E-state index contributed by atoms with van der Waals surface area (Å²) < 4.78 is 0. The predicted molar refractivity (Wildman–Crippen MR) is 80.1 cm³/mol. The highest BCUT2D eigenvalue weighted by Crippen LogP contribution is 2.47. The van der Waals surface area contributed by atoms with Crippen molar-refractivity contribution < 1.29 is 0 Å². The Balaban J connectivity index is 2.48. The molecule has 0 saturated heterocycles. The maximum absolute atomic E-state index is 2.42. The average Bonchev–Trinajstić information content (AvgIpc) is 2.39. The fourth-order valence-electron chi connectivity index (χ4n) is 3.79. The lowest BCUT2D eigenvalue weighted by Gasteiger charge is -2.43. The van der Waals surface area contributed by atoms with Crippen LogP contribution in [0.1, 0.15) is 76.8 Å². The van der Waals surface area contributed by atoms with E-state index in [1.165, 1.54) is 32.1 Å². The zero-order valence-electron chi connectivity index (χ0n) is 12.5. The van der Waals surface area contributed by atoms with Crippen LogP contribution in [0, 0.1) is 5.92 Å². The summed E-state index contributed by atoms with van der Waals surface area (Å²) in [4.78, 5) is 0. The van der Waals surface area contributed by atoms with Crippen molar-refractivity contribution in [3.8, 4) is 0 Å². The molecule has 0 heterocycles. The van der Waals surface area contributed by atoms with Crippen LogP contribution in [0.2, 0.25) is 0 Å². The normalized spacial score (nSPS) is 19.4. The van der Waals surface area contributed by atoms with E-state index < -0.39 is 0 Å². The summed E-state index contributed by atoms with van der Waals surface area (Å²) in [5, 5.41) is 0. The molecule has 2 rings (SSSR count). The van der Waals surface area contributed by atoms with Gasteiger partial charge in [0.15, 0.2) is 0 Å². The summed E-state index contributed by atoms with van der Waals surface area (Å²) in [6, 6.07) is 9.19. The molecule has 0 aromatic heterocycles. The zero-order valence-corrected chi connectivity index (χ0v) is 12.5. The van der Waals surface area contributed by atoms with Crippen LogP contribution < -0.4 is 0 Å². The molecular formula is C18H28. The van der Waals surface area contributed by atoms with Crippen LogP contribution in [-0.4, -0.2) is 0 Å². The molecule has 1 aliphatic rings. The zero-order chi connectivity index (χ0) is 13.2. The quantitative estimate of drug-likeness (QED) is 0.643. The Morgan fingerprint density at radius 1 is 0.889 bits per heavy atom. The van der Waals surface area contributed by atoms with Gasteiger partial charge in [-0.25, -0.2) is 0 Å². The fraction of sp³-hybridized carbons (Fsp3) is 0.667. The third-order valence-corrected chi connectivity index (χ3v) is 4.97. The van der Waals surface area contributed by atoms with E-state index in [0.29, 0.717) is 11.3 Å². The highest BCUT2D eigenvalue weighted by atomic mass is 14.4. The van der Waals surface area contributed by atoms with E-state index in [-0.39, 0.29) is 0 Å². The van der Waals surface area contributed by atoms with Crippen LogP contribution >= 0.6 is 0 Å². The van der Waals surface area contributed by atoms with Crippen LogP contribution in [0.4, 0.5) is 0 Å². The molecule has 0 radical (unpaired) electrons. The van der Waals surface area contributed by atoms with Crippen molar-refractivity contribution in [2.75, 3.05) is 0 Å². The van der Waals surface area contributed by atoms with Gasteiger partial charge in [0.05, 0.1) is 0 Å². The standard InChI is InChI=1S/C18H28/c1-14(2)16-10-6-7-11-17(16)18(15(3)4)12-8-5-9-13-18/h6-7,10-11,14-15H,5,8-9,12-13H2,1-4H3. The Hall–Kier alpha value is -0.780. The Bertz CT molecular complexity index is 381. The van der Waals surface area contributed by atoms with Crippen molar-refractivity contribution in [2.24, 2.45) is 5.92 Å². The molecule has 0 atom stereocenters. The maximum Gasteiger partial charge on any atom is -0.00212 e. The van der Waals surface area contributed by atoms with Gasteiger partial charge in [0.2, 0.25) is 0 Å². The molecule has 0 spiro atoms. The first-order valence-electron chi connectivity index (χ1n) is 7.67. The van der Waals surface area contributed by atoms with Crippen molar-refractivity contribution >= 4 is 0 Å². The van der Waals surface area contributed by atoms with Gasteiger partial charge in [-0.3, -0.25) is 0 Å². The summed E-state index contributed by atoms with van der Waals surface area (Å²) in [6.45, 7) is 9.50. The minimum atomic E-state index is 0.444. The SMILES string of the molecule is CC(C)c1ccccc1C1(C(C)C)CCCCC1. The first kappa shape index (κ1) is 13.6. The topological polar surface area (TPSA) is 0 Å². The molecule has 0 aliphatic heterocycles. The Labute approximate surface area is 113 Å². The van der Waals surface area contributed by atoms with E-state index in [1.54, 1.807) is 11.1 Å². The van der Waals surface area contributed by atoms with Gasteiger partial charge < -0.3 is 0 Å². The Morgan fingerprint density at radius 2 is 1.50 bits per heavy atom. The van der Waals surface area contributed by atoms with Gasteiger partial charge in [-0.1, -0.05) is 71.2 Å². The monoisotopic (exact) mass is 244 g/mol.